The number of methoxy groups -OCH3 is 1. The normalized spacial score (nSPS) is 24.9. The van der Waals surface area contributed by atoms with Crippen molar-refractivity contribution < 1.29 is 4.74 Å². The maximum Gasteiger partial charge on any atom is 0.193 e. The van der Waals surface area contributed by atoms with Crippen LogP contribution >= 0.6 is 0 Å². The number of aliphatic imine (C=N–C) groups is 1. The van der Waals surface area contributed by atoms with Crippen molar-refractivity contribution >= 4 is 11.6 Å². The number of para-hydroxylation sites is 1. The second-order valence-corrected chi connectivity index (χ2v) is 4.28. The van der Waals surface area contributed by atoms with Crippen molar-refractivity contribution in [3.05, 3.63) is 30.3 Å². The van der Waals surface area contributed by atoms with Crippen LogP contribution in [0.5, 0.6) is 0 Å². The molecule has 4 nitrogen and oxygen atoms in total. The topological polar surface area (TPSA) is 59.6 Å². The number of nitrogens with two attached hydrogens (primary N) is 1. The fraction of sp³-hybridized carbons (Fsp3) is 0.462. The molecule has 1 aliphatic rings. The molecular formula is C13H19N3O. The Kier molecular flexibility index (Phi) is 3.98. The third-order valence-corrected chi connectivity index (χ3v) is 3.07. The van der Waals surface area contributed by atoms with E-state index in [1.54, 1.807) is 7.11 Å². The van der Waals surface area contributed by atoms with E-state index in [0.29, 0.717) is 5.96 Å². The summed E-state index contributed by atoms with van der Waals surface area (Å²) in [4.78, 5) is 4.48. The number of guanidine groups is 1. The molecule has 0 aromatic heterocycles. The lowest BCUT2D eigenvalue weighted by atomic mass is 10.2. The number of anilines is 1. The molecule has 3 N–H and O–H groups in total. The minimum atomic E-state index is 0.191. The van der Waals surface area contributed by atoms with Crippen LogP contribution in [0.4, 0.5) is 5.69 Å². The highest BCUT2D eigenvalue weighted by Gasteiger charge is 2.26. The van der Waals surface area contributed by atoms with Gasteiger partial charge in [0.2, 0.25) is 0 Å². The lowest BCUT2D eigenvalue weighted by Crippen LogP contribution is -2.28. The highest BCUT2D eigenvalue weighted by Crippen LogP contribution is 2.24. The molecule has 2 atom stereocenters. The number of hydrogen-bond acceptors (Lipinski definition) is 2. The van der Waals surface area contributed by atoms with E-state index in [1.807, 2.05) is 30.3 Å². The predicted octanol–water partition coefficient (Wildman–Crippen LogP) is 1.98. The molecule has 1 aromatic rings. The summed E-state index contributed by atoms with van der Waals surface area (Å²) in [5.74, 6) is 0.463. The van der Waals surface area contributed by atoms with Crippen LogP contribution in [0.3, 0.4) is 0 Å². The van der Waals surface area contributed by atoms with Crippen molar-refractivity contribution in [3.8, 4) is 0 Å². The molecule has 0 bridgehead atoms. The Bertz CT molecular complexity index is 378. The van der Waals surface area contributed by atoms with Gasteiger partial charge in [-0.1, -0.05) is 18.2 Å². The molecule has 1 aliphatic carbocycles. The highest BCUT2D eigenvalue weighted by atomic mass is 16.5. The van der Waals surface area contributed by atoms with Crippen LogP contribution in [0.2, 0.25) is 0 Å². The first-order chi connectivity index (χ1) is 8.29. The van der Waals surface area contributed by atoms with Gasteiger partial charge in [0, 0.05) is 12.8 Å². The molecule has 0 radical (unpaired) electrons. The maximum atomic E-state index is 5.89. The van der Waals surface area contributed by atoms with E-state index < -0.39 is 0 Å². The van der Waals surface area contributed by atoms with Gasteiger partial charge >= 0.3 is 0 Å². The monoisotopic (exact) mass is 233 g/mol. The molecule has 0 spiro atoms. The number of rotatable bonds is 3. The molecule has 1 saturated carbocycles. The van der Waals surface area contributed by atoms with Crippen molar-refractivity contribution in [3.63, 3.8) is 0 Å². The van der Waals surface area contributed by atoms with Crippen molar-refractivity contribution in [2.75, 3.05) is 12.4 Å². The van der Waals surface area contributed by atoms with E-state index in [1.165, 1.54) is 0 Å². The highest BCUT2D eigenvalue weighted by molar-refractivity contribution is 5.92. The number of hydrogen-bond donors (Lipinski definition) is 2. The predicted molar refractivity (Wildman–Crippen MR) is 70.1 cm³/mol. The van der Waals surface area contributed by atoms with Crippen LogP contribution in [-0.4, -0.2) is 25.2 Å². The number of benzene rings is 1. The summed E-state index contributed by atoms with van der Waals surface area (Å²) < 4.78 is 5.38. The smallest absolute Gasteiger partial charge is 0.193 e. The number of nitrogens with zero attached hydrogens (tertiary/aromatic N) is 1. The second kappa shape index (κ2) is 5.68. The van der Waals surface area contributed by atoms with E-state index in [2.05, 4.69) is 10.3 Å². The standard InChI is InChI=1S/C13H19N3O/c1-17-12-9-5-8-11(12)16-13(14)15-10-6-3-2-4-7-10/h2-4,6-7,11-12H,5,8-9H2,1H3,(H3,14,15,16). The number of nitrogens with one attached hydrogen (secondary N) is 1. The Morgan fingerprint density at radius 3 is 2.82 bits per heavy atom. The SMILES string of the molecule is COC1CCCC1N=C(N)Nc1ccccc1. The van der Waals surface area contributed by atoms with Crippen LogP contribution in [0.15, 0.2) is 35.3 Å². The molecule has 92 valence electrons. The molecular weight excluding hydrogens is 214 g/mol. The first-order valence-corrected chi connectivity index (χ1v) is 5.97. The summed E-state index contributed by atoms with van der Waals surface area (Å²) >= 11 is 0. The summed E-state index contributed by atoms with van der Waals surface area (Å²) in [7, 11) is 1.74. The van der Waals surface area contributed by atoms with Crippen molar-refractivity contribution in [1.29, 1.82) is 0 Å². The first-order valence-electron chi connectivity index (χ1n) is 5.97. The Morgan fingerprint density at radius 1 is 1.35 bits per heavy atom. The first kappa shape index (κ1) is 11.9. The van der Waals surface area contributed by atoms with Gasteiger partial charge in [-0.3, -0.25) is 0 Å². The summed E-state index contributed by atoms with van der Waals surface area (Å²) in [6, 6.07) is 10.0. The molecule has 4 heteroatoms. The van der Waals surface area contributed by atoms with Gasteiger partial charge in [0.1, 0.15) is 0 Å². The molecule has 0 aliphatic heterocycles. The van der Waals surface area contributed by atoms with Gasteiger partial charge in [-0.25, -0.2) is 4.99 Å². The summed E-state index contributed by atoms with van der Waals surface area (Å²) in [5, 5.41) is 3.09. The fourth-order valence-electron chi connectivity index (χ4n) is 2.21. The van der Waals surface area contributed by atoms with E-state index in [-0.39, 0.29) is 12.1 Å². The summed E-state index contributed by atoms with van der Waals surface area (Å²) in [6.45, 7) is 0. The van der Waals surface area contributed by atoms with Gasteiger partial charge in [0.05, 0.1) is 12.1 Å². The van der Waals surface area contributed by atoms with Crippen molar-refractivity contribution in [2.24, 2.45) is 10.7 Å². The van der Waals surface area contributed by atoms with Crippen LogP contribution < -0.4 is 11.1 Å². The largest absolute Gasteiger partial charge is 0.379 e. The Morgan fingerprint density at radius 2 is 2.12 bits per heavy atom. The Balaban J connectivity index is 1.97. The van der Waals surface area contributed by atoms with Crippen LogP contribution in [0, 0.1) is 0 Å². The molecule has 0 saturated heterocycles. The number of ether oxygens (including phenoxy) is 1. The Hall–Kier alpha value is -1.55. The van der Waals surface area contributed by atoms with Crippen molar-refractivity contribution in [2.45, 2.75) is 31.4 Å². The van der Waals surface area contributed by atoms with E-state index >= 15 is 0 Å². The second-order valence-electron chi connectivity index (χ2n) is 4.28. The zero-order chi connectivity index (χ0) is 12.1. The van der Waals surface area contributed by atoms with E-state index in [4.69, 9.17) is 10.5 Å². The summed E-state index contributed by atoms with van der Waals surface area (Å²) in [6.07, 6.45) is 3.50. The maximum absolute atomic E-state index is 5.89. The van der Waals surface area contributed by atoms with Gasteiger partial charge in [-0.2, -0.15) is 0 Å². The lowest BCUT2D eigenvalue weighted by Gasteiger charge is -2.15. The van der Waals surface area contributed by atoms with Crippen LogP contribution in [-0.2, 0) is 4.74 Å². The minimum absolute atomic E-state index is 0.191. The average Bonchev–Trinajstić information content (AvgIpc) is 2.77. The molecule has 1 fully saturated rings. The molecule has 0 amide bonds. The van der Waals surface area contributed by atoms with E-state index in [9.17, 15) is 0 Å². The Labute approximate surface area is 102 Å². The third kappa shape index (κ3) is 3.20. The molecule has 2 rings (SSSR count). The quantitative estimate of drug-likeness (QED) is 0.620. The fourth-order valence-corrected chi connectivity index (χ4v) is 2.21. The van der Waals surface area contributed by atoms with Gasteiger partial charge < -0.3 is 15.8 Å². The minimum Gasteiger partial charge on any atom is -0.379 e. The molecule has 17 heavy (non-hydrogen) atoms. The van der Waals surface area contributed by atoms with E-state index in [0.717, 1.165) is 24.9 Å². The zero-order valence-electron chi connectivity index (χ0n) is 10.1. The average molecular weight is 233 g/mol. The molecule has 1 aromatic carbocycles. The molecule has 2 unspecified atom stereocenters. The van der Waals surface area contributed by atoms with Gasteiger partial charge in [0.15, 0.2) is 5.96 Å². The van der Waals surface area contributed by atoms with Crippen LogP contribution in [0.25, 0.3) is 0 Å². The lowest BCUT2D eigenvalue weighted by molar-refractivity contribution is 0.0966. The van der Waals surface area contributed by atoms with Gasteiger partial charge in [0.25, 0.3) is 0 Å². The third-order valence-electron chi connectivity index (χ3n) is 3.07. The van der Waals surface area contributed by atoms with Crippen molar-refractivity contribution in [1.82, 2.24) is 0 Å². The summed E-state index contributed by atoms with van der Waals surface area (Å²) in [5.41, 5.74) is 6.84. The zero-order valence-corrected chi connectivity index (χ0v) is 10.1. The van der Waals surface area contributed by atoms with Gasteiger partial charge in [-0.05, 0) is 31.4 Å². The van der Waals surface area contributed by atoms with Crippen LogP contribution in [0.1, 0.15) is 19.3 Å². The molecule has 0 heterocycles. The van der Waals surface area contributed by atoms with Gasteiger partial charge in [-0.15, -0.1) is 0 Å².